The van der Waals surface area contributed by atoms with E-state index in [1.807, 2.05) is 0 Å². The first-order chi connectivity index (χ1) is 15.6. The number of ether oxygens (including phenoxy) is 1. The second kappa shape index (κ2) is 8.42. The summed E-state index contributed by atoms with van der Waals surface area (Å²) >= 11 is 6.38. The van der Waals surface area contributed by atoms with Gasteiger partial charge in [-0.1, -0.05) is 23.7 Å². The Bertz CT molecular complexity index is 1240. The van der Waals surface area contributed by atoms with Crippen molar-refractivity contribution in [2.75, 3.05) is 12.4 Å². The average molecular weight is 482 g/mol. The Labute approximate surface area is 191 Å². The van der Waals surface area contributed by atoms with Gasteiger partial charge in [-0.15, -0.1) is 0 Å². The Morgan fingerprint density at radius 3 is 2.52 bits per heavy atom. The van der Waals surface area contributed by atoms with E-state index >= 15 is 0 Å². The Hall–Kier alpha value is -2.98. The Morgan fingerprint density at radius 1 is 1.18 bits per heavy atom. The van der Waals surface area contributed by atoms with E-state index in [1.165, 1.54) is 51.0 Å². The second-order valence-electron chi connectivity index (χ2n) is 7.77. The van der Waals surface area contributed by atoms with Gasteiger partial charge in [-0.25, -0.2) is 19.3 Å². The summed E-state index contributed by atoms with van der Waals surface area (Å²) in [6.07, 6.45) is -2.69. The molecule has 3 aromatic rings. The summed E-state index contributed by atoms with van der Waals surface area (Å²) < 4.78 is 63.8. The third-order valence-electron chi connectivity index (χ3n) is 5.99. The van der Waals surface area contributed by atoms with Crippen LogP contribution in [0.5, 0.6) is 0 Å². The molecule has 0 saturated carbocycles. The zero-order valence-corrected chi connectivity index (χ0v) is 18.6. The fourth-order valence-corrected chi connectivity index (χ4v) is 4.57. The van der Waals surface area contributed by atoms with E-state index in [9.17, 15) is 17.6 Å². The van der Waals surface area contributed by atoms with E-state index in [2.05, 4.69) is 25.3 Å². The van der Waals surface area contributed by atoms with Gasteiger partial charge >= 0.3 is 6.18 Å². The predicted molar refractivity (Wildman–Crippen MR) is 117 cm³/mol. The van der Waals surface area contributed by atoms with Crippen LogP contribution >= 0.6 is 11.6 Å². The molecule has 11 heteroatoms. The molecule has 6 nitrogen and oxygen atoms in total. The highest BCUT2D eigenvalue weighted by Gasteiger charge is 2.64. The summed E-state index contributed by atoms with van der Waals surface area (Å²) in [6.45, 7) is 2.99. The first kappa shape index (κ1) is 23.2. The number of hydrogen-bond acceptors (Lipinski definition) is 5. The van der Waals surface area contributed by atoms with Crippen molar-refractivity contribution in [2.45, 2.75) is 32.2 Å². The summed E-state index contributed by atoms with van der Waals surface area (Å²) in [6, 6.07) is 3.88. The fourth-order valence-electron chi connectivity index (χ4n) is 4.29. The lowest BCUT2D eigenvalue weighted by atomic mass is 9.67. The number of aromatic amines is 1. The van der Waals surface area contributed by atoms with Gasteiger partial charge in [0.25, 0.3) is 0 Å². The molecular weight excluding hydrogens is 462 g/mol. The maximum absolute atomic E-state index is 14.9. The van der Waals surface area contributed by atoms with Gasteiger partial charge in [-0.3, -0.25) is 0 Å². The van der Waals surface area contributed by atoms with Gasteiger partial charge < -0.3 is 15.0 Å². The minimum atomic E-state index is -4.79. The van der Waals surface area contributed by atoms with Crippen molar-refractivity contribution in [3.05, 3.63) is 65.0 Å². The van der Waals surface area contributed by atoms with E-state index in [0.717, 1.165) is 6.08 Å². The van der Waals surface area contributed by atoms with Crippen LogP contribution in [0.3, 0.4) is 0 Å². The molecule has 3 unspecified atom stereocenters. The molecule has 0 amide bonds. The van der Waals surface area contributed by atoms with Crippen LogP contribution in [0.1, 0.15) is 19.4 Å². The van der Waals surface area contributed by atoms with Gasteiger partial charge in [0.05, 0.1) is 6.33 Å². The number of benzene rings is 1. The van der Waals surface area contributed by atoms with Crippen LogP contribution < -0.4 is 5.32 Å². The Kier molecular flexibility index (Phi) is 5.92. The van der Waals surface area contributed by atoms with Crippen molar-refractivity contribution in [1.82, 2.24) is 19.9 Å². The number of H-pyrrole nitrogens is 1. The smallest absolute Gasteiger partial charge is 0.375 e. The first-order valence-corrected chi connectivity index (χ1v) is 10.3. The molecule has 2 heterocycles. The van der Waals surface area contributed by atoms with Gasteiger partial charge in [0.2, 0.25) is 0 Å². The largest absolute Gasteiger partial charge is 0.402 e. The quantitative estimate of drug-likeness (QED) is 0.473. The van der Waals surface area contributed by atoms with E-state index in [-0.39, 0.29) is 16.4 Å². The maximum atomic E-state index is 14.9. The molecule has 0 aliphatic heterocycles. The lowest BCUT2D eigenvalue weighted by molar-refractivity contribution is -0.234. The van der Waals surface area contributed by atoms with Gasteiger partial charge in [0.15, 0.2) is 11.5 Å². The molecule has 2 aromatic heterocycles. The van der Waals surface area contributed by atoms with Crippen molar-refractivity contribution in [3.63, 3.8) is 0 Å². The monoisotopic (exact) mass is 481 g/mol. The molecule has 1 aliphatic rings. The number of hydrogen-bond donors (Lipinski definition) is 2. The number of rotatable bonds is 5. The van der Waals surface area contributed by atoms with Crippen LogP contribution in [0, 0.1) is 11.2 Å². The van der Waals surface area contributed by atoms with E-state index in [4.69, 9.17) is 16.3 Å². The van der Waals surface area contributed by atoms with Gasteiger partial charge in [0, 0.05) is 18.2 Å². The Morgan fingerprint density at radius 2 is 1.88 bits per heavy atom. The summed E-state index contributed by atoms with van der Waals surface area (Å²) in [5.41, 5.74) is -0.890. The van der Waals surface area contributed by atoms with E-state index < -0.39 is 29.6 Å². The van der Waals surface area contributed by atoms with Crippen LogP contribution in [-0.2, 0) is 4.74 Å². The number of methoxy groups -OCH3 is 1. The molecule has 0 spiro atoms. The number of allylic oxidation sites excluding steroid dienone is 2. The molecule has 33 heavy (non-hydrogen) atoms. The lowest BCUT2D eigenvalue weighted by Crippen LogP contribution is -2.58. The number of fused-ring (bicyclic) bond motifs is 1. The van der Waals surface area contributed by atoms with Crippen molar-refractivity contribution < 1.29 is 22.3 Å². The number of nitrogens with one attached hydrogen (secondary N) is 2. The zero-order chi connectivity index (χ0) is 24.0. The predicted octanol–water partition coefficient (Wildman–Crippen LogP) is 5.47. The third kappa shape index (κ3) is 3.76. The highest BCUT2D eigenvalue weighted by molar-refractivity contribution is 6.33. The standard InChI is InChI=1S/C22H20ClF4N5O/c1-11-15(23)8-21(22(25,26)27,18(33-3)16(11)13-4-6-14(24)7-5-13)12(2)32-20-17-19(29-9-28-17)30-10-31-20/h4-10,12,18H,1-3H3,(H2,28,29,30,31,32). The average Bonchev–Trinajstić information content (AvgIpc) is 3.25. The van der Waals surface area contributed by atoms with Crippen LogP contribution in [0.4, 0.5) is 23.4 Å². The molecular formula is C22H20ClF4N5O. The highest BCUT2D eigenvalue weighted by atomic mass is 35.5. The highest BCUT2D eigenvalue weighted by Crippen LogP contribution is 2.55. The van der Waals surface area contributed by atoms with Gasteiger partial charge in [0.1, 0.15) is 29.2 Å². The number of nitrogens with zero attached hydrogens (tertiary/aromatic N) is 3. The third-order valence-corrected chi connectivity index (χ3v) is 6.39. The number of halogens is 5. The molecule has 3 atom stereocenters. The minimum absolute atomic E-state index is 0.0683. The molecule has 0 fully saturated rings. The summed E-state index contributed by atoms with van der Waals surface area (Å²) in [5.74, 6) is -0.376. The van der Waals surface area contributed by atoms with Crippen LogP contribution in [0.25, 0.3) is 16.7 Å². The number of imidazole rings is 1. The summed E-state index contributed by atoms with van der Waals surface area (Å²) in [7, 11) is 1.21. The minimum Gasteiger partial charge on any atom is -0.375 e. The molecule has 0 saturated heterocycles. The maximum Gasteiger partial charge on any atom is 0.402 e. The van der Waals surface area contributed by atoms with Crippen LogP contribution in [0.15, 0.2) is 53.6 Å². The normalized spacial score (nSPS) is 22.4. The molecule has 0 radical (unpaired) electrons. The van der Waals surface area contributed by atoms with Crippen molar-refractivity contribution >= 4 is 34.2 Å². The zero-order valence-electron chi connectivity index (χ0n) is 17.8. The molecule has 174 valence electrons. The van der Waals surface area contributed by atoms with Crippen LogP contribution in [0.2, 0.25) is 0 Å². The SMILES string of the molecule is COC1C(c2ccc(F)cc2)=C(C)C(Cl)=CC1(C(C)Nc1ncnc2[nH]cnc12)C(F)(F)F. The number of aromatic nitrogens is 4. The fraction of sp³-hybridized carbons (Fsp3) is 0.318. The van der Waals surface area contributed by atoms with Crippen molar-refractivity contribution in [2.24, 2.45) is 5.41 Å². The summed E-state index contributed by atoms with van der Waals surface area (Å²) in [4.78, 5) is 15.0. The number of anilines is 1. The first-order valence-electron chi connectivity index (χ1n) is 9.95. The second-order valence-corrected chi connectivity index (χ2v) is 8.18. The van der Waals surface area contributed by atoms with Crippen molar-refractivity contribution in [3.8, 4) is 0 Å². The van der Waals surface area contributed by atoms with Gasteiger partial charge in [-0.2, -0.15) is 13.2 Å². The van der Waals surface area contributed by atoms with Crippen molar-refractivity contribution in [1.29, 1.82) is 0 Å². The molecule has 1 aromatic carbocycles. The Balaban J connectivity index is 1.87. The lowest BCUT2D eigenvalue weighted by Gasteiger charge is -2.47. The molecule has 4 rings (SSSR count). The van der Waals surface area contributed by atoms with Crippen LogP contribution in [-0.4, -0.2) is 45.4 Å². The van der Waals surface area contributed by atoms with E-state index in [0.29, 0.717) is 22.3 Å². The van der Waals surface area contributed by atoms with E-state index in [1.54, 1.807) is 6.92 Å². The summed E-state index contributed by atoms with van der Waals surface area (Å²) in [5, 5.41) is 2.78. The van der Waals surface area contributed by atoms with Gasteiger partial charge in [-0.05, 0) is 48.8 Å². The number of alkyl halides is 3. The molecule has 1 aliphatic carbocycles. The topological polar surface area (TPSA) is 75.7 Å². The molecule has 2 N–H and O–H groups in total. The molecule has 0 bridgehead atoms.